The van der Waals surface area contributed by atoms with E-state index in [1.54, 1.807) is 36.1 Å². The van der Waals surface area contributed by atoms with E-state index in [1.807, 2.05) is 37.3 Å². The summed E-state index contributed by atoms with van der Waals surface area (Å²) in [4.78, 5) is 27.6. The lowest BCUT2D eigenvalue weighted by Crippen LogP contribution is -2.41. The zero-order valence-electron chi connectivity index (χ0n) is 21.5. The highest BCUT2D eigenvalue weighted by Crippen LogP contribution is 2.26. The van der Waals surface area contributed by atoms with Gasteiger partial charge in [-0.1, -0.05) is 50.6 Å². The van der Waals surface area contributed by atoms with Gasteiger partial charge in [0.25, 0.3) is 0 Å². The van der Waals surface area contributed by atoms with E-state index in [0.717, 1.165) is 16.9 Å². The Hall–Kier alpha value is -3.36. The fraction of sp³-hybridized carbons (Fsp3) is 0.370. The van der Waals surface area contributed by atoms with Crippen LogP contribution in [0.3, 0.4) is 0 Å². The summed E-state index contributed by atoms with van der Waals surface area (Å²) in [5, 5.41) is 11.0. The standard InChI is InChI=1S/C27H34ClN5O3/c1-19-9-6-12-22(15-19)33-24(17-23(31-33)27(2,3)4)30-25(34)18-32(13-8-14-36-5)26(35)29-21-11-7-10-20(28)16-21/h6-7,9-12,15-17H,8,13-14,18H2,1-5H3,(H,29,35)(H,30,34). The van der Waals surface area contributed by atoms with E-state index in [9.17, 15) is 9.59 Å². The number of benzene rings is 2. The van der Waals surface area contributed by atoms with Gasteiger partial charge >= 0.3 is 6.03 Å². The predicted molar refractivity (Wildman–Crippen MR) is 144 cm³/mol. The van der Waals surface area contributed by atoms with Gasteiger partial charge in [-0.25, -0.2) is 9.48 Å². The first-order valence-corrected chi connectivity index (χ1v) is 12.2. The van der Waals surface area contributed by atoms with Crippen molar-refractivity contribution in [1.82, 2.24) is 14.7 Å². The highest BCUT2D eigenvalue weighted by molar-refractivity contribution is 6.30. The second-order valence-corrected chi connectivity index (χ2v) is 10.1. The number of anilines is 2. The average molecular weight is 512 g/mol. The van der Waals surface area contributed by atoms with E-state index >= 15 is 0 Å². The molecule has 2 N–H and O–H groups in total. The minimum absolute atomic E-state index is 0.139. The molecule has 3 amide bonds. The quantitative estimate of drug-likeness (QED) is 0.364. The molecule has 3 aromatic rings. The Morgan fingerprint density at radius 2 is 1.83 bits per heavy atom. The molecule has 1 heterocycles. The molecule has 192 valence electrons. The van der Waals surface area contributed by atoms with Crippen molar-refractivity contribution >= 4 is 35.0 Å². The van der Waals surface area contributed by atoms with Gasteiger partial charge in [0.1, 0.15) is 12.4 Å². The summed E-state index contributed by atoms with van der Waals surface area (Å²) >= 11 is 6.04. The topological polar surface area (TPSA) is 88.5 Å². The number of hydrogen-bond donors (Lipinski definition) is 2. The van der Waals surface area contributed by atoms with Gasteiger partial charge < -0.3 is 20.3 Å². The Bertz CT molecular complexity index is 1200. The predicted octanol–water partition coefficient (Wildman–Crippen LogP) is 5.64. The van der Waals surface area contributed by atoms with E-state index in [-0.39, 0.29) is 17.9 Å². The minimum atomic E-state index is -0.397. The Balaban J connectivity index is 1.81. The second-order valence-electron chi connectivity index (χ2n) is 9.67. The number of methoxy groups -OCH3 is 1. The zero-order valence-corrected chi connectivity index (χ0v) is 22.2. The maximum atomic E-state index is 13.1. The molecule has 0 spiro atoms. The molecule has 36 heavy (non-hydrogen) atoms. The van der Waals surface area contributed by atoms with Crippen molar-refractivity contribution in [2.24, 2.45) is 0 Å². The van der Waals surface area contributed by atoms with Crippen LogP contribution >= 0.6 is 11.6 Å². The Morgan fingerprint density at radius 1 is 1.08 bits per heavy atom. The molecule has 0 unspecified atom stereocenters. The van der Waals surface area contributed by atoms with E-state index in [0.29, 0.717) is 36.1 Å². The Morgan fingerprint density at radius 3 is 2.50 bits per heavy atom. The van der Waals surface area contributed by atoms with Crippen LogP contribution in [0.25, 0.3) is 5.69 Å². The third-order valence-electron chi connectivity index (χ3n) is 5.47. The van der Waals surface area contributed by atoms with Crippen LogP contribution in [-0.4, -0.2) is 53.4 Å². The van der Waals surface area contributed by atoms with Crippen molar-refractivity contribution in [2.75, 3.05) is 37.4 Å². The molecule has 2 aromatic carbocycles. The molecular weight excluding hydrogens is 478 g/mol. The van der Waals surface area contributed by atoms with Crippen LogP contribution in [0.4, 0.5) is 16.3 Å². The smallest absolute Gasteiger partial charge is 0.322 e. The number of ether oxygens (including phenoxy) is 1. The van der Waals surface area contributed by atoms with Gasteiger partial charge in [-0.2, -0.15) is 5.10 Å². The summed E-state index contributed by atoms with van der Waals surface area (Å²) in [6.45, 7) is 8.89. The van der Waals surface area contributed by atoms with Gasteiger partial charge in [0.2, 0.25) is 5.91 Å². The number of halogens is 1. The third kappa shape index (κ3) is 7.57. The van der Waals surface area contributed by atoms with Crippen molar-refractivity contribution in [3.05, 3.63) is 70.9 Å². The molecule has 1 aromatic heterocycles. The molecule has 0 saturated carbocycles. The monoisotopic (exact) mass is 511 g/mol. The van der Waals surface area contributed by atoms with Crippen LogP contribution in [0.15, 0.2) is 54.6 Å². The molecule has 0 aliphatic heterocycles. The summed E-state index contributed by atoms with van der Waals surface area (Å²) in [5.41, 5.74) is 3.11. The summed E-state index contributed by atoms with van der Waals surface area (Å²) in [5.74, 6) is 0.213. The highest BCUT2D eigenvalue weighted by Gasteiger charge is 2.23. The van der Waals surface area contributed by atoms with E-state index in [4.69, 9.17) is 21.4 Å². The van der Waals surface area contributed by atoms with Gasteiger partial charge in [-0.15, -0.1) is 0 Å². The normalized spacial score (nSPS) is 11.3. The van der Waals surface area contributed by atoms with Crippen molar-refractivity contribution < 1.29 is 14.3 Å². The number of urea groups is 1. The number of hydrogen-bond acceptors (Lipinski definition) is 4. The fourth-order valence-electron chi connectivity index (χ4n) is 3.57. The maximum Gasteiger partial charge on any atom is 0.322 e. The number of nitrogens with one attached hydrogen (secondary N) is 2. The maximum absolute atomic E-state index is 13.1. The van der Waals surface area contributed by atoms with E-state index in [1.165, 1.54) is 4.90 Å². The lowest BCUT2D eigenvalue weighted by atomic mass is 9.92. The SMILES string of the molecule is COCCCN(CC(=O)Nc1cc(C(C)(C)C)nn1-c1cccc(C)c1)C(=O)Nc1cccc(Cl)c1. The first kappa shape index (κ1) is 27.2. The first-order valence-electron chi connectivity index (χ1n) is 11.8. The molecule has 0 fully saturated rings. The molecule has 0 atom stereocenters. The van der Waals surface area contributed by atoms with Crippen LogP contribution in [0, 0.1) is 6.92 Å². The molecule has 0 aliphatic carbocycles. The summed E-state index contributed by atoms with van der Waals surface area (Å²) < 4.78 is 6.86. The number of carbonyl (C=O) groups is 2. The summed E-state index contributed by atoms with van der Waals surface area (Å²) in [6, 6.07) is 16.3. The molecule has 9 heteroatoms. The largest absolute Gasteiger partial charge is 0.385 e. The van der Waals surface area contributed by atoms with Gasteiger partial charge in [0.15, 0.2) is 0 Å². The van der Waals surface area contributed by atoms with E-state index in [2.05, 4.69) is 31.4 Å². The Labute approximate surface area is 217 Å². The summed E-state index contributed by atoms with van der Waals surface area (Å²) in [6.07, 6.45) is 0.585. The highest BCUT2D eigenvalue weighted by atomic mass is 35.5. The molecule has 0 saturated heterocycles. The third-order valence-corrected chi connectivity index (χ3v) is 5.70. The van der Waals surface area contributed by atoms with Crippen LogP contribution in [0.1, 0.15) is 38.4 Å². The second kappa shape index (κ2) is 12.1. The molecule has 3 rings (SSSR count). The Kier molecular flexibility index (Phi) is 9.12. The number of aromatic nitrogens is 2. The van der Waals surface area contributed by atoms with Gasteiger partial charge in [-0.3, -0.25) is 4.79 Å². The number of rotatable bonds is 9. The van der Waals surface area contributed by atoms with Gasteiger partial charge in [0.05, 0.1) is 11.4 Å². The number of nitrogens with zero attached hydrogens (tertiary/aromatic N) is 3. The molecule has 8 nitrogen and oxygen atoms in total. The lowest BCUT2D eigenvalue weighted by Gasteiger charge is -2.23. The summed E-state index contributed by atoms with van der Waals surface area (Å²) in [7, 11) is 1.60. The molecule has 0 aliphatic rings. The molecule has 0 bridgehead atoms. The number of amides is 3. The van der Waals surface area contributed by atoms with Crippen LogP contribution in [-0.2, 0) is 14.9 Å². The van der Waals surface area contributed by atoms with Crippen molar-refractivity contribution in [3.63, 3.8) is 0 Å². The van der Waals surface area contributed by atoms with Gasteiger partial charge in [0, 0.05) is 42.5 Å². The molecular formula is C27H34ClN5O3. The number of carbonyl (C=O) groups excluding carboxylic acids is 2. The lowest BCUT2D eigenvalue weighted by molar-refractivity contribution is -0.116. The minimum Gasteiger partial charge on any atom is -0.385 e. The van der Waals surface area contributed by atoms with E-state index < -0.39 is 6.03 Å². The van der Waals surface area contributed by atoms with Crippen molar-refractivity contribution in [3.8, 4) is 5.69 Å². The van der Waals surface area contributed by atoms with Crippen LogP contribution in [0.2, 0.25) is 5.02 Å². The van der Waals surface area contributed by atoms with Crippen molar-refractivity contribution in [2.45, 2.75) is 39.5 Å². The van der Waals surface area contributed by atoms with Crippen LogP contribution < -0.4 is 10.6 Å². The van der Waals surface area contributed by atoms with Crippen molar-refractivity contribution in [1.29, 1.82) is 0 Å². The van der Waals surface area contributed by atoms with Gasteiger partial charge in [-0.05, 0) is 49.2 Å². The fourth-order valence-corrected chi connectivity index (χ4v) is 3.76. The average Bonchev–Trinajstić information content (AvgIpc) is 3.23. The zero-order chi connectivity index (χ0) is 26.3. The molecule has 0 radical (unpaired) electrons. The first-order chi connectivity index (χ1) is 17.1. The number of aryl methyl sites for hydroxylation is 1. The van der Waals surface area contributed by atoms with Crippen LogP contribution in [0.5, 0.6) is 0 Å².